The summed E-state index contributed by atoms with van der Waals surface area (Å²) in [6.45, 7) is 4.18. The fraction of sp³-hybridized carbons (Fsp3) is 0.125. The van der Waals surface area contributed by atoms with E-state index in [4.69, 9.17) is 26.9 Å². The van der Waals surface area contributed by atoms with Crippen molar-refractivity contribution in [1.82, 2.24) is 15.0 Å². The average molecular weight is 413 g/mol. The molecular weight excluding hydrogens is 392 g/mol. The van der Waals surface area contributed by atoms with Crippen LogP contribution < -0.4 is 9.64 Å². The number of fused-ring (bicyclic) bond motifs is 4. The number of hydrogen-bond donors (Lipinski definition) is 1. The molecule has 0 saturated heterocycles. The third-order valence-corrected chi connectivity index (χ3v) is 5.78. The van der Waals surface area contributed by atoms with Gasteiger partial charge in [-0.1, -0.05) is 24.3 Å². The van der Waals surface area contributed by atoms with Crippen molar-refractivity contribution in [3.05, 3.63) is 71.8 Å². The topological polar surface area (TPSA) is 54.0 Å². The van der Waals surface area contributed by atoms with Gasteiger partial charge in [0.2, 0.25) is 0 Å². The number of ether oxygens (including phenoxy) is 1. The van der Waals surface area contributed by atoms with Crippen LogP contribution in [0.25, 0.3) is 33.1 Å². The Morgan fingerprint density at radius 1 is 0.933 bits per heavy atom. The van der Waals surface area contributed by atoms with Crippen LogP contribution in [0.15, 0.2) is 60.7 Å². The predicted octanol–water partition coefficient (Wildman–Crippen LogP) is 5.68. The van der Waals surface area contributed by atoms with Crippen molar-refractivity contribution in [3.63, 3.8) is 0 Å². The SMILES string of the molecule is Cc1ccc(N(C)C(=S)Oc2ccc3nc4[nH]c5ccccc5c4nc3c2)cc1C. The zero-order valence-electron chi connectivity index (χ0n) is 16.9. The molecule has 2 heterocycles. The fourth-order valence-corrected chi connectivity index (χ4v) is 3.71. The third-order valence-electron chi connectivity index (χ3n) is 5.43. The number of rotatable bonds is 2. The van der Waals surface area contributed by atoms with E-state index >= 15 is 0 Å². The van der Waals surface area contributed by atoms with Crippen molar-refractivity contribution in [2.24, 2.45) is 0 Å². The lowest BCUT2D eigenvalue weighted by Crippen LogP contribution is -2.29. The molecule has 0 radical (unpaired) electrons. The summed E-state index contributed by atoms with van der Waals surface area (Å²) in [6.07, 6.45) is 0. The van der Waals surface area contributed by atoms with Gasteiger partial charge in [-0.3, -0.25) is 0 Å². The molecule has 0 bridgehead atoms. The molecule has 5 aromatic rings. The van der Waals surface area contributed by atoms with Gasteiger partial charge in [-0.05, 0) is 67.5 Å². The lowest BCUT2D eigenvalue weighted by atomic mass is 10.1. The zero-order valence-corrected chi connectivity index (χ0v) is 17.7. The van der Waals surface area contributed by atoms with E-state index in [2.05, 4.69) is 31.0 Å². The highest BCUT2D eigenvalue weighted by Gasteiger charge is 2.13. The van der Waals surface area contributed by atoms with Crippen LogP contribution in [0.5, 0.6) is 5.75 Å². The summed E-state index contributed by atoms with van der Waals surface area (Å²) in [5.41, 5.74) is 7.67. The molecule has 5 rings (SSSR count). The second-order valence-corrected chi connectivity index (χ2v) is 7.79. The molecule has 2 aromatic heterocycles. The smallest absolute Gasteiger partial charge is 0.269 e. The van der Waals surface area contributed by atoms with E-state index in [0.717, 1.165) is 38.8 Å². The van der Waals surface area contributed by atoms with Gasteiger partial charge in [-0.15, -0.1) is 0 Å². The van der Waals surface area contributed by atoms with Crippen molar-refractivity contribution in [1.29, 1.82) is 0 Å². The molecule has 0 amide bonds. The minimum atomic E-state index is 0.374. The first kappa shape index (κ1) is 18.5. The number of hydrogen-bond acceptors (Lipinski definition) is 4. The Labute approximate surface area is 179 Å². The number of benzene rings is 3. The van der Waals surface area contributed by atoms with Crippen molar-refractivity contribution in [3.8, 4) is 5.75 Å². The highest BCUT2D eigenvalue weighted by atomic mass is 32.1. The molecule has 3 aromatic carbocycles. The van der Waals surface area contributed by atoms with E-state index in [1.165, 1.54) is 11.1 Å². The Kier molecular flexibility index (Phi) is 4.37. The first-order chi connectivity index (χ1) is 14.5. The summed E-state index contributed by atoms with van der Waals surface area (Å²) in [4.78, 5) is 14.7. The largest absolute Gasteiger partial charge is 0.431 e. The normalized spacial score (nSPS) is 11.3. The van der Waals surface area contributed by atoms with Gasteiger partial charge in [0.15, 0.2) is 5.65 Å². The predicted molar refractivity (Wildman–Crippen MR) is 126 cm³/mol. The van der Waals surface area contributed by atoms with E-state index < -0.39 is 0 Å². The number of aryl methyl sites for hydroxylation is 2. The Bertz CT molecular complexity index is 1440. The van der Waals surface area contributed by atoms with Crippen LogP contribution in [-0.4, -0.2) is 27.2 Å². The minimum absolute atomic E-state index is 0.374. The Morgan fingerprint density at radius 3 is 2.60 bits per heavy atom. The summed E-state index contributed by atoms with van der Waals surface area (Å²) in [6, 6.07) is 19.9. The van der Waals surface area contributed by atoms with E-state index in [9.17, 15) is 0 Å². The molecule has 148 valence electrons. The van der Waals surface area contributed by atoms with Crippen LogP contribution in [0.1, 0.15) is 11.1 Å². The molecule has 0 aliphatic carbocycles. The standard InChI is InChI=1S/C24H20N4OS/c1-14-8-9-16(12-15(14)2)28(3)24(30)29-17-10-11-20-21(13-17)25-22-18-6-4-5-7-19(18)26-23(22)27-20/h4-13H,1-3H3,(H,26,27). The Hall–Kier alpha value is -3.51. The number of thiocarbonyl (C=S) groups is 1. The van der Waals surface area contributed by atoms with Crippen LogP contribution >= 0.6 is 12.2 Å². The van der Waals surface area contributed by atoms with Crippen LogP contribution in [0.2, 0.25) is 0 Å². The monoisotopic (exact) mass is 412 g/mol. The lowest BCUT2D eigenvalue weighted by Gasteiger charge is -2.21. The van der Waals surface area contributed by atoms with Gasteiger partial charge < -0.3 is 14.6 Å². The van der Waals surface area contributed by atoms with Gasteiger partial charge in [0.05, 0.1) is 11.0 Å². The van der Waals surface area contributed by atoms with Crippen LogP contribution in [-0.2, 0) is 0 Å². The fourth-order valence-electron chi connectivity index (χ4n) is 3.51. The molecule has 0 atom stereocenters. The third kappa shape index (κ3) is 3.15. The number of H-pyrrole nitrogens is 1. The van der Waals surface area contributed by atoms with E-state index in [0.29, 0.717) is 10.9 Å². The number of aromatic nitrogens is 3. The molecule has 30 heavy (non-hydrogen) atoms. The summed E-state index contributed by atoms with van der Waals surface area (Å²) >= 11 is 5.53. The summed E-state index contributed by atoms with van der Waals surface area (Å²) in [5, 5.41) is 1.43. The lowest BCUT2D eigenvalue weighted by molar-refractivity contribution is 0.553. The molecule has 0 fully saturated rings. The summed E-state index contributed by atoms with van der Waals surface area (Å²) in [7, 11) is 1.91. The first-order valence-electron chi connectivity index (χ1n) is 9.70. The Balaban J connectivity index is 1.47. The van der Waals surface area contributed by atoms with Crippen molar-refractivity contribution in [2.45, 2.75) is 13.8 Å². The van der Waals surface area contributed by atoms with Gasteiger partial charge in [-0.2, -0.15) is 0 Å². The molecule has 0 aliphatic heterocycles. The molecule has 0 unspecified atom stereocenters. The molecule has 0 spiro atoms. The van der Waals surface area contributed by atoms with Gasteiger partial charge in [-0.25, -0.2) is 9.97 Å². The van der Waals surface area contributed by atoms with Gasteiger partial charge in [0, 0.05) is 29.7 Å². The van der Waals surface area contributed by atoms with Crippen LogP contribution in [0.4, 0.5) is 5.69 Å². The van der Waals surface area contributed by atoms with E-state index in [1.54, 1.807) is 0 Å². The van der Waals surface area contributed by atoms with Gasteiger partial charge in [0.1, 0.15) is 11.3 Å². The van der Waals surface area contributed by atoms with Crippen LogP contribution in [0.3, 0.4) is 0 Å². The second kappa shape index (κ2) is 7.07. The zero-order chi connectivity index (χ0) is 20.8. The van der Waals surface area contributed by atoms with Crippen LogP contribution in [0, 0.1) is 13.8 Å². The highest BCUT2D eigenvalue weighted by Crippen LogP contribution is 2.27. The molecular formula is C24H20N4OS. The summed E-state index contributed by atoms with van der Waals surface area (Å²) in [5.74, 6) is 0.636. The maximum atomic E-state index is 5.97. The molecule has 6 heteroatoms. The molecule has 0 aliphatic rings. The van der Waals surface area contributed by atoms with E-state index in [1.807, 2.05) is 60.5 Å². The van der Waals surface area contributed by atoms with Crippen molar-refractivity contribution < 1.29 is 4.74 Å². The first-order valence-corrected chi connectivity index (χ1v) is 10.1. The maximum absolute atomic E-state index is 5.97. The average Bonchev–Trinajstić information content (AvgIpc) is 3.11. The van der Waals surface area contributed by atoms with Crippen molar-refractivity contribution >= 4 is 56.2 Å². The Morgan fingerprint density at radius 2 is 1.77 bits per heavy atom. The van der Waals surface area contributed by atoms with Gasteiger partial charge in [0.25, 0.3) is 5.17 Å². The second-order valence-electron chi connectivity index (χ2n) is 7.44. The number of nitrogens with zero attached hydrogens (tertiary/aromatic N) is 3. The number of anilines is 1. The van der Waals surface area contributed by atoms with Crippen molar-refractivity contribution in [2.75, 3.05) is 11.9 Å². The van der Waals surface area contributed by atoms with Gasteiger partial charge >= 0.3 is 0 Å². The van der Waals surface area contributed by atoms with E-state index in [-0.39, 0.29) is 0 Å². The summed E-state index contributed by atoms with van der Waals surface area (Å²) < 4.78 is 5.97. The number of aromatic amines is 1. The molecule has 0 saturated carbocycles. The highest BCUT2D eigenvalue weighted by molar-refractivity contribution is 7.80. The quantitative estimate of drug-likeness (QED) is 0.378. The minimum Gasteiger partial charge on any atom is -0.431 e. The number of para-hydroxylation sites is 1. The maximum Gasteiger partial charge on any atom is 0.269 e. The number of nitrogens with one attached hydrogen (secondary N) is 1. The molecule has 5 nitrogen and oxygen atoms in total. The molecule has 1 N–H and O–H groups in total.